The Morgan fingerprint density at radius 2 is 2.35 bits per heavy atom. The molecule has 0 spiro atoms. The Bertz CT molecular complexity index is 527. The first-order valence-corrected chi connectivity index (χ1v) is 6.24. The molecule has 3 rings (SSSR count). The smallest absolute Gasteiger partial charge is 0.0881 e. The average molecular weight is 227 g/mol. The minimum Gasteiger partial charge on any atom is -0.383 e. The van der Waals surface area contributed by atoms with Gasteiger partial charge in [0.15, 0.2) is 0 Å². The second kappa shape index (κ2) is 4.62. The molecule has 0 saturated heterocycles. The van der Waals surface area contributed by atoms with Gasteiger partial charge in [0.2, 0.25) is 0 Å². The van der Waals surface area contributed by atoms with Gasteiger partial charge in [0.1, 0.15) is 0 Å². The minimum absolute atomic E-state index is 0.762. The molecule has 0 fully saturated rings. The molecule has 0 unspecified atom stereocenters. The van der Waals surface area contributed by atoms with Crippen LogP contribution in [0.15, 0.2) is 36.5 Å². The van der Waals surface area contributed by atoms with Crippen molar-refractivity contribution in [1.29, 1.82) is 0 Å². The molecule has 1 aliphatic rings. The number of nitrogens with one attached hydrogen (secondary N) is 2. The van der Waals surface area contributed by atoms with E-state index < -0.39 is 0 Å². The number of fused-ring (bicyclic) bond motifs is 1. The van der Waals surface area contributed by atoms with Crippen LogP contribution < -0.4 is 5.32 Å². The first-order chi connectivity index (χ1) is 8.43. The lowest BCUT2D eigenvalue weighted by atomic mass is 9.94. The summed E-state index contributed by atoms with van der Waals surface area (Å²) in [4.78, 5) is 0. The maximum absolute atomic E-state index is 4.08. The number of allylic oxidation sites excluding steroid dienone is 2. The number of aromatic nitrogens is 2. The highest BCUT2D eigenvalue weighted by Crippen LogP contribution is 2.23. The minimum atomic E-state index is 0.762. The number of H-pyrrole nitrogens is 1. The molecule has 0 saturated carbocycles. The third-order valence-electron chi connectivity index (χ3n) is 3.44. The van der Waals surface area contributed by atoms with E-state index in [1.54, 1.807) is 0 Å². The number of nitrogens with zero attached hydrogens (tertiary/aromatic N) is 1. The van der Waals surface area contributed by atoms with Gasteiger partial charge in [-0.1, -0.05) is 24.3 Å². The van der Waals surface area contributed by atoms with Crippen molar-refractivity contribution in [3.63, 3.8) is 0 Å². The monoisotopic (exact) mass is 227 g/mol. The first-order valence-electron chi connectivity index (χ1n) is 6.24. The van der Waals surface area contributed by atoms with Crippen LogP contribution >= 0.6 is 0 Å². The van der Waals surface area contributed by atoms with Crippen LogP contribution in [0.25, 0.3) is 10.9 Å². The van der Waals surface area contributed by atoms with Gasteiger partial charge in [0, 0.05) is 11.9 Å². The van der Waals surface area contributed by atoms with E-state index in [1.165, 1.54) is 24.6 Å². The lowest BCUT2D eigenvalue weighted by Gasteiger charge is -2.19. The summed E-state index contributed by atoms with van der Waals surface area (Å²) in [5.41, 5.74) is 2.27. The molecule has 2 aromatic rings. The Morgan fingerprint density at radius 3 is 3.24 bits per heavy atom. The fourth-order valence-corrected chi connectivity index (χ4v) is 2.41. The molecule has 1 aliphatic carbocycles. The van der Waals surface area contributed by atoms with E-state index in [2.05, 4.69) is 45.9 Å². The summed E-state index contributed by atoms with van der Waals surface area (Å²) >= 11 is 0. The van der Waals surface area contributed by atoms with Crippen LogP contribution in [0.1, 0.15) is 19.3 Å². The van der Waals surface area contributed by atoms with Crippen LogP contribution in [0.3, 0.4) is 0 Å². The zero-order valence-corrected chi connectivity index (χ0v) is 9.82. The Hall–Kier alpha value is -1.77. The fourth-order valence-electron chi connectivity index (χ4n) is 2.41. The summed E-state index contributed by atoms with van der Waals surface area (Å²) in [7, 11) is 0. The van der Waals surface area contributed by atoms with E-state index in [0.717, 1.165) is 23.7 Å². The van der Waals surface area contributed by atoms with Gasteiger partial charge < -0.3 is 5.32 Å². The molecule has 1 heterocycles. The van der Waals surface area contributed by atoms with E-state index in [-0.39, 0.29) is 0 Å². The molecule has 1 atom stereocenters. The van der Waals surface area contributed by atoms with Crippen molar-refractivity contribution < 1.29 is 0 Å². The van der Waals surface area contributed by atoms with Crippen LogP contribution in [0.4, 0.5) is 5.69 Å². The topological polar surface area (TPSA) is 40.7 Å². The molecule has 0 radical (unpaired) electrons. The van der Waals surface area contributed by atoms with Gasteiger partial charge >= 0.3 is 0 Å². The number of hydrogen-bond acceptors (Lipinski definition) is 2. The summed E-state index contributed by atoms with van der Waals surface area (Å²) < 4.78 is 0. The van der Waals surface area contributed by atoms with Crippen LogP contribution in [0, 0.1) is 5.92 Å². The number of hydrogen-bond donors (Lipinski definition) is 2. The Balaban J connectivity index is 1.72. The van der Waals surface area contributed by atoms with E-state index in [1.807, 2.05) is 6.20 Å². The number of anilines is 1. The lowest BCUT2D eigenvalue weighted by molar-refractivity contribution is 0.504. The predicted molar refractivity (Wildman–Crippen MR) is 71.1 cm³/mol. The van der Waals surface area contributed by atoms with Crippen molar-refractivity contribution >= 4 is 16.6 Å². The molecule has 17 heavy (non-hydrogen) atoms. The van der Waals surface area contributed by atoms with Gasteiger partial charge in [-0.25, -0.2) is 0 Å². The van der Waals surface area contributed by atoms with E-state index in [0.29, 0.717) is 0 Å². The van der Waals surface area contributed by atoms with Gasteiger partial charge in [-0.2, -0.15) is 5.10 Å². The molecule has 88 valence electrons. The second-order valence-corrected chi connectivity index (χ2v) is 4.67. The van der Waals surface area contributed by atoms with Gasteiger partial charge in [0.25, 0.3) is 0 Å². The number of aromatic amines is 1. The maximum Gasteiger partial charge on any atom is 0.0881 e. The summed E-state index contributed by atoms with van der Waals surface area (Å²) in [6, 6.07) is 6.26. The largest absolute Gasteiger partial charge is 0.383 e. The maximum atomic E-state index is 4.08. The third-order valence-corrected chi connectivity index (χ3v) is 3.44. The number of para-hydroxylation sites is 1. The predicted octanol–water partition coefficient (Wildman–Crippen LogP) is 3.33. The van der Waals surface area contributed by atoms with Crippen LogP contribution in [-0.4, -0.2) is 16.7 Å². The van der Waals surface area contributed by atoms with Crippen molar-refractivity contribution in [3.8, 4) is 0 Å². The SMILES string of the molecule is C1=CC[C@@H](CNc2cccc3cn[nH]c23)CC1. The second-order valence-electron chi connectivity index (χ2n) is 4.67. The van der Waals surface area contributed by atoms with Crippen LogP contribution in [0.2, 0.25) is 0 Å². The Kier molecular flexibility index (Phi) is 2.82. The van der Waals surface area contributed by atoms with Crippen molar-refractivity contribution in [2.24, 2.45) is 5.92 Å². The summed E-state index contributed by atoms with van der Waals surface area (Å²) in [5, 5.41) is 11.8. The molecule has 0 amide bonds. The molecule has 0 aliphatic heterocycles. The third kappa shape index (κ3) is 2.18. The Labute approximate surface area is 101 Å². The van der Waals surface area contributed by atoms with Gasteiger partial charge in [-0.05, 0) is 31.2 Å². The zero-order valence-electron chi connectivity index (χ0n) is 9.82. The molecule has 2 N–H and O–H groups in total. The lowest BCUT2D eigenvalue weighted by Crippen LogP contribution is -2.15. The quantitative estimate of drug-likeness (QED) is 0.790. The summed E-state index contributed by atoms with van der Waals surface area (Å²) in [6.07, 6.45) is 10.2. The highest BCUT2D eigenvalue weighted by Gasteiger charge is 2.10. The van der Waals surface area contributed by atoms with Gasteiger partial charge in [-0.15, -0.1) is 0 Å². The Morgan fingerprint density at radius 1 is 1.35 bits per heavy atom. The number of rotatable bonds is 3. The zero-order chi connectivity index (χ0) is 11.5. The van der Waals surface area contributed by atoms with E-state index in [9.17, 15) is 0 Å². The molecule has 1 aromatic heterocycles. The van der Waals surface area contributed by atoms with Crippen LogP contribution in [-0.2, 0) is 0 Å². The van der Waals surface area contributed by atoms with E-state index in [4.69, 9.17) is 0 Å². The molecule has 3 heteroatoms. The van der Waals surface area contributed by atoms with Crippen molar-refractivity contribution in [3.05, 3.63) is 36.5 Å². The molecule has 3 nitrogen and oxygen atoms in total. The molecular weight excluding hydrogens is 210 g/mol. The fraction of sp³-hybridized carbons (Fsp3) is 0.357. The van der Waals surface area contributed by atoms with Crippen LogP contribution in [0.5, 0.6) is 0 Å². The van der Waals surface area contributed by atoms with Gasteiger partial charge in [-0.3, -0.25) is 5.10 Å². The average Bonchev–Trinajstić information content (AvgIpc) is 2.86. The summed E-state index contributed by atoms with van der Waals surface area (Å²) in [5.74, 6) is 0.762. The van der Waals surface area contributed by atoms with E-state index >= 15 is 0 Å². The van der Waals surface area contributed by atoms with Gasteiger partial charge in [0.05, 0.1) is 17.4 Å². The molecule has 0 bridgehead atoms. The first kappa shape index (κ1) is 10.4. The van der Waals surface area contributed by atoms with Crippen molar-refractivity contribution in [2.75, 3.05) is 11.9 Å². The summed E-state index contributed by atoms with van der Waals surface area (Å²) in [6.45, 7) is 1.04. The normalized spacial score (nSPS) is 19.6. The highest BCUT2D eigenvalue weighted by atomic mass is 15.1. The molecule has 1 aromatic carbocycles. The highest BCUT2D eigenvalue weighted by molar-refractivity contribution is 5.89. The van der Waals surface area contributed by atoms with Crippen molar-refractivity contribution in [2.45, 2.75) is 19.3 Å². The standard InChI is InChI=1S/C14H17N3/c1-2-5-11(6-3-1)9-15-13-8-4-7-12-10-16-17-14(12)13/h1-2,4,7-8,10-11,15H,3,5-6,9H2,(H,16,17)/t11-/m1/s1. The molecular formula is C14H17N3. The number of benzene rings is 1. The van der Waals surface area contributed by atoms with Crippen molar-refractivity contribution in [1.82, 2.24) is 10.2 Å².